The molecule has 0 bridgehead atoms. The van der Waals surface area contributed by atoms with Gasteiger partial charge in [-0.15, -0.1) is 0 Å². The van der Waals surface area contributed by atoms with Gasteiger partial charge >= 0.3 is 6.03 Å². The number of carbonyl (C=O) groups is 3. The van der Waals surface area contributed by atoms with E-state index in [1.165, 1.54) is 0 Å². The first-order chi connectivity index (χ1) is 10.6. The molecule has 0 radical (unpaired) electrons. The number of benzene rings is 1. The predicted molar refractivity (Wildman–Crippen MR) is 78.0 cm³/mol. The van der Waals surface area contributed by atoms with Gasteiger partial charge in [-0.1, -0.05) is 30.3 Å². The molecular weight excluding hydrogens is 282 g/mol. The van der Waals surface area contributed by atoms with Gasteiger partial charge in [0, 0.05) is 6.54 Å². The highest BCUT2D eigenvalue weighted by atomic mass is 16.2. The minimum Gasteiger partial charge on any atom is -0.339 e. The summed E-state index contributed by atoms with van der Waals surface area (Å²) in [5, 5.41) is 4.95. The first-order valence-corrected chi connectivity index (χ1v) is 7.54. The summed E-state index contributed by atoms with van der Waals surface area (Å²) < 4.78 is 0. The number of urea groups is 1. The van der Waals surface area contributed by atoms with E-state index in [9.17, 15) is 14.4 Å². The summed E-state index contributed by atoms with van der Waals surface area (Å²) >= 11 is 0. The maximum Gasteiger partial charge on any atom is 0.322 e. The van der Waals surface area contributed by atoms with E-state index in [4.69, 9.17) is 0 Å². The van der Waals surface area contributed by atoms with Crippen molar-refractivity contribution in [2.24, 2.45) is 0 Å². The van der Waals surface area contributed by atoms with Crippen molar-refractivity contribution in [3.8, 4) is 0 Å². The summed E-state index contributed by atoms with van der Waals surface area (Å²) in [6.07, 6.45) is 2.16. The molecule has 3 aliphatic rings. The highest BCUT2D eigenvalue weighted by Gasteiger charge is 2.57. The van der Waals surface area contributed by atoms with Crippen LogP contribution in [0.25, 0.3) is 0 Å². The largest absolute Gasteiger partial charge is 0.339 e. The van der Waals surface area contributed by atoms with Gasteiger partial charge in [0.15, 0.2) is 0 Å². The number of likely N-dealkylation sites (tertiary alicyclic amines) is 1. The average Bonchev–Trinajstić information content (AvgIpc) is 3.15. The second-order valence-electron chi connectivity index (χ2n) is 6.42. The van der Waals surface area contributed by atoms with Crippen LogP contribution in [0.2, 0.25) is 0 Å². The minimum atomic E-state index is -0.931. The zero-order chi connectivity index (χ0) is 15.4. The SMILES string of the molecule is O=C1NC(=O)[C@]2(CCN(C(=O)C3(c4ccccc4)CC3)C2)N1. The standard InChI is InChI=1S/C16H17N3O3/c20-12-16(18-14(22)17-12)8-9-19(10-16)13(21)15(6-7-15)11-4-2-1-3-5-11/h1-5H,6-10H2,(H2,17,18,20,22)/t16-/m1/s1. The van der Waals surface area contributed by atoms with Gasteiger partial charge in [0.25, 0.3) is 5.91 Å². The number of hydrogen-bond donors (Lipinski definition) is 2. The predicted octanol–water partition coefficient (Wildman–Crippen LogP) is 0.529. The van der Waals surface area contributed by atoms with Crippen molar-refractivity contribution in [1.82, 2.24) is 15.5 Å². The molecule has 6 heteroatoms. The lowest BCUT2D eigenvalue weighted by Gasteiger charge is -2.25. The fraction of sp³-hybridized carbons (Fsp3) is 0.438. The Morgan fingerprint density at radius 3 is 2.41 bits per heavy atom. The van der Waals surface area contributed by atoms with Crippen molar-refractivity contribution < 1.29 is 14.4 Å². The van der Waals surface area contributed by atoms with Crippen LogP contribution in [0.1, 0.15) is 24.8 Å². The Hall–Kier alpha value is -2.37. The molecule has 1 aromatic carbocycles. The number of imide groups is 1. The topological polar surface area (TPSA) is 78.5 Å². The van der Waals surface area contributed by atoms with Crippen molar-refractivity contribution in [2.45, 2.75) is 30.2 Å². The van der Waals surface area contributed by atoms with Crippen LogP contribution in [0.5, 0.6) is 0 Å². The monoisotopic (exact) mass is 299 g/mol. The highest BCUT2D eigenvalue weighted by molar-refractivity contribution is 6.08. The molecule has 1 saturated carbocycles. The third-order valence-electron chi connectivity index (χ3n) is 5.06. The molecule has 2 aliphatic heterocycles. The number of nitrogens with zero attached hydrogens (tertiary/aromatic N) is 1. The van der Waals surface area contributed by atoms with Crippen LogP contribution in [0, 0.1) is 0 Å². The Balaban J connectivity index is 1.56. The lowest BCUT2D eigenvalue weighted by atomic mass is 9.94. The maximum atomic E-state index is 12.9. The number of nitrogens with one attached hydrogen (secondary N) is 2. The van der Waals surface area contributed by atoms with E-state index in [-0.39, 0.29) is 18.4 Å². The molecule has 22 heavy (non-hydrogen) atoms. The lowest BCUT2D eigenvalue weighted by molar-refractivity contribution is -0.133. The Bertz CT molecular complexity index is 668. The molecule has 1 aromatic rings. The van der Waals surface area contributed by atoms with E-state index >= 15 is 0 Å². The molecule has 1 spiro atoms. The molecule has 6 nitrogen and oxygen atoms in total. The van der Waals surface area contributed by atoms with Crippen LogP contribution >= 0.6 is 0 Å². The second kappa shape index (κ2) is 4.32. The summed E-state index contributed by atoms with van der Waals surface area (Å²) in [5.41, 5.74) is -0.313. The Kier molecular flexibility index (Phi) is 2.61. The van der Waals surface area contributed by atoms with Crippen LogP contribution in [-0.2, 0) is 15.0 Å². The quantitative estimate of drug-likeness (QED) is 0.782. The molecule has 2 N–H and O–H groups in total. The Morgan fingerprint density at radius 1 is 1.09 bits per heavy atom. The van der Waals surface area contributed by atoms with Gasteiger partial charge in [-0.2, -0.15) is 0 Å². The van der Waals surface area contributed by atoms with Crippen LogP contribution in [-0.4, -0.2) is 41.4 Å². The van der Waals surface area contributed by atoms with Gasteiger partial charge in [0.05, 0.1) is 12.0 Å². The molecule has 0 aromatic heterocycles. The zero-order valence-corrected chi connectivity index (χ0v) is 12.1. The fourth-order valence-corrected chi connectivity index (χ4v) is 3.61. The molecule has 4 amide bonds. The zero-order valence-electron chi connectivity index (χ0n) is 12.1. The van der Waals surface area contributed by atoms with E-state index in [1.807, 2.05) is 30.3 Å². The molecule has 0 unspecified atom stereocenters. The molecule has 114 valence electrons. The second-order valence-corrected chi connectivity index (χ2v) is 6.42. The Morgan fingerprint density at radius 2 is 1.82 bits per heavy atom. The van der Waals surface area contributed by atoms with Gasteiger partial charge in [0.2, 0.25) is 5.91 Å². The molecule has 1 atom stereocenters. The molecule has 2 heterocycles. The lowest BCUT2D eigenvalue weighted by Crippen LogP contribution is -2.50. The van der Waals surface area contributed by atoms with Crippen molar-refractivity contribution in [2.75, 3.05) is 13.1 Å². The third-order valence-corrected chi connectivity index (χ3v) is 5.06. The van der Waals surface area contributed by atoms with E-state index in [1.54, 1.807) is 4.90 Å². The van der Waals surface area contributed by atoms with Crippen molar-refractivity contribution >= 4 is 17.8 Å². The average molecular weight is 299 g/mol. The van der Waals surface area contributed by atoms with Crippen LogP contribution in [0.15, 0.2) is 30.3 Å². The van der Waals surface area contributed by atoms with E-state index in [2.05, 4.69) is 10.6 Å². The summed E-state index contributed by atoms with van der Waals surface area (Å²) in [5.74, 6) is -0.248. The van der Waals surface area contributed by atoms with Gasteiger partial charge in [-0.3, -0.25) is 14.9 Å². The van der Waals surface area contributed by atoms with Crippen molar-refractivity contribution in [3.63, 3.8) is 0 Å². The first kappa shape index (κ1) is 13.3. The van der Waals surface area contributed by atoms with Crippen molar-refractivity contribution in [3.05, 3.63) is 35.9 Å². The normalized spacial score (nSPS) is 28.6. The molecule has 2 saturated heterocycles. The van der Waals surface area contributed by atoms with Crippen LogP contribution < -0.4 is 10.6 Å². The van der Waals surface area contributed by atoms with Gasteiger partial charge in [-0.05, 0) is 24.8 Å². The fourth-order valence-electron chi connectivity index (χ4n) is 3.61. The number of rotatable bonds is 2. The van der Waals surface area contributed by atoms with Gasteiger partial charge in [0.1, 0.15) is 5.54 Å². The molecular formula is C16H17N3O3. The van der Waals surface area contributed by atoms with Gasteiger partial charge < -0.3 is 10.2 Å². The number of amides is 4. The maximum absolute atomic E-state index is 12.9. The molecule has 4 rings (SSSR count). The minimum absolute atomic E-state index is 0.0736. The molecule has 3 fully saturated rings. The number of hydrogen-bond acceptors (Lipinski definition) is 3. The van der Waals surface area contributed by atoms with E-state index in [0.717, 1.165) is 18.4 Å². The van der Waals surface area contributed by atoms with Crippen LogP contribution in [0.3, 0.4) is 0 Å². The first-order valence-electron chi connectivity index (χ1n) is 7.54. The van der Waals surface area contributed by atoms with Gasteiger partial charge in [-0.25, -0.2) is 4.79 Å². The molecule has 1 aliphatic carbocycles. The van der Waals surface area contributed by atoms with Crippen LogP contribution in [0.4, 0.5) is 4.79 Å². The summed E-state index contributed by atoms with van der Waals surface area (Å²) in [6.45, 7) is 0.763. The van der Waals surface area contributed by atoms with E-state index in [0.29, 0.717) is 13.0 Å². The smallest absolute Gasteiger partial charge is 0.322 e. The number of carbonyl (C=O) groups excluding carboxylic acids is 3. The van der Waals surface area contributed by atoms with E-state index < -0.39 is 17.0 Å². The Labute approximate surface area is 127 Å². The summed E-state index contributed by atoms with van der Waals surface area (Å²) in [6, 6.07) is 9.33. The summed E-state index contributed by atoms with van der Waals surface area (Å²) in [7, 11) is 0. The summed E-state index contributed by atoms with van der Waals surface area (Å²) in [4.78, 5) is 38.0. The van der Waals surface area contributed by atoms with Crippen molar-refractivity contribution in [1.29, 1.82) is 0 Å². The highest BCUT2D eigenvalue weighted by Crippen LogP contribution is 2.50. The third kappa shape index (κ3) is 1.76.